The molecule has 0 radical (unpaired) electrons. The van der Waals surface area contributed by atoms with Gasteiger partial charge in [0, 0.05) is 18.5 Å². The minimum Gasteiger partial charge on any atom is -0.352 e. The van der Waals surface area contributed by atoms with E-state index in [1.807, 2.05) is 0 Å². The van der Waals surface area contributed by atoms with E-state index in [0.29, 0.717) is 18.4 Å². The molecule has 0 bridgehead atoms. The maximum absolute atomic E-state index is 11.9. The van der Waals surface area contributed by atoms with Crippen LogP contribution in [0.4, 0.5) is 0 Å². The minimum absolute atomic E-state index is 0.0681. The topological polar surface area (TPSA) is 41.1 Å². The molecule has 16 heavy (non-hydrogen) atoms. The Balaban J connectivity index is 2.48. The van der Waals surface area contributed by atoms with Crippen LogP contribution in [0.25, 0.3) is 0 Å². The average molecular weight is 226 g/mol. The lowest BCUT2D eigenvalue weighted by Gasteiger charge is -2.36. The summed E-state index contributed by atoms with van der Waals surface area (Å²) in [5, 5.41) is 6.59. The van der Waals surface area contributed by atoms with E-state index >= 15 is 0 Å². The highest BCUT2D eigenvalue weighted by Gasteiger charge is 2.29. The second-order valence-electron chi connectivity index (χ2n) is 6.34. The second-order valence-corrected chi connectivity index (χ2v) is 6.34. The molecule has 2 N–H and O–H groups in total. The van der Waals surface area contributed by atoms with Crippen molar-refractivity contribution in [2.75, 3.05) is 6.54 Å². The van der Waals surface area contributed by atoms with Crippen molar-refractivity contribution in [2.24, 2.45) is 11.3 Å². The van der Waals surface area contributed by atoms with Gasteiger partial charge in [0.05, 0.1) is 0 Å². The molecule has 0 aromatic carbocycles. The van der Waals surface area contributed by atoms with Crippen molar-refractivity contribution in [1.82, 2.24) is 10.6 Å². The molecule has 0 saturated carbocycles. The standard InChI is InChI=1S/C13H26N2O/c1-9-6-7-14-10(2)12(9)15-11(16)8-13(3,4)5/h9-10,12,14H,6-8H2,1-5H3,(H,15,16). The number of carbonyl (C=O) groups is 1. The van der Waals surface area contributed by atoms with E-state index in [-0.39, 0.29) is 17.4 Å². The quantitative estimate of drug-likeness (QED) is 0.755. The number of amides is 1. The molecule has 0 aliphatic carbocycles. The number of hydrogen-bond donors (Lipinski definition) is 2. The third kappa shape index (κ3) is 4.12. The van der Waals surface area contributed by atoms with E-state index in [1.165, 1.54) is 0 Å². The van der Waals surface area contributed by atoms with Gasteiger partial charge < -0.3 is 10.6 Å². The first kappa shape index (κ1) is 13.5. The molecule has 0 aromatic heterocycles. The van der Waals surface area contributed by atoms with Gasteiger partial charge in [-0.3, -0.25) is 4.79 Å². The highest BCUT2D eigenvalue weighted by atomic mass is 16.1. The van der Waals surface area contributed by atoms with Crippen molar-refractivity contribution in [2.45, 2.75) is 59.5 Å². The summed E-state index contributed by atoms with van der Waals surface area (Å²) >= 11 is 0. The zero-order valence-corrected chi connectivity index (χ0v) is 11.3. The molecule has 3 nitrogen and oxygen atoms in total. The number of piperidine rings is 1. The molecule has 1 fully saturated rings. The Morgan fingerprint density at radius 1 is 1.38 bits per heavy atom. The van der Waals surface area contributed by atoms with Gasteiger partial charge in [0.25, 0.3) is 0 Å². The zero-order valence-electron chi connectivity index (χ0n) is 11.3. The summed E-state index contributed by atoms with van der Waals surface area (Å²) in [7, 11) is 0. The SMILES string of the molecule is CC1CCNC(C)C1NC(=O)CC(C)(C)C. The summed E-state index contributed by atoms with van der Waals surface area (Å²) in [6.07, 6.45) is 1.74. The predicted octanol–water partition coefficient (Wildman–Crippen LogP) is 1.93. The van der Waals surface area contributed by atoms with Crippen LogP contribution in [-0.4, -0.2) is 24.5 Å². The van der Waals surface area contributed by atoms with Crippen LogP contribution in [0.2, 0.25) is 0 Å². The largest absolute Gasteiger partial charge is 0.352 e. The molecule has 1 heterocycles. The molecule has 3 unspecified atom stereocenters. The van der Waals surface area contributed by atoms with Crippen molar-refractivity contribution in [1.29, 1.82) is 0 Å². The van der Waals surface area contributed by atoms with Gasteiger partial charge in [0.2, 0.25) is 5.91 Å². The Morgan fingerprint density at radius 3 is 2.50 bits per heavy atom. The second kappa shape index (κ2) is 5.17. The molecule has 1 saturated heterocycles. The molecule has 1 rings (SSSR count). The van der Waals surface area contributed by atoms with Crippen LogP contribution in [0.1, 0.15) is 47.5 Å². The first-order valence-electron chi connectivity index (χ1n) is 6.32. The van der Waals surface area contributed by atoms with Gasteiger partial charge in [-0.2, -0.15) is 0 Å². The summed E-state index contributed by atoms with van der Waals surface area (Å²) in [5.74, 6) is 0.750. The van der Waals surface area contributed by atoms with Crippen LogP contribution in [-0.2, 0) is 4.79 Å². The summed E-state index contributed by atoms with van der Waals surface area (Å²) in [5.41, 5.74) is 0.0681. The van der Waals surface area contributed by atoms with Crippen LogP contribution < -0.4 is 10.6 Å². The fourth-order valence-corrected chi connectivity index (χ4v) is 2.32. The summed E-state index contributed by atoms with van der Waals surface area (Å²) in [6.45, 7) is 11.7. The smallest absolute Gasteiger partial charge is 0.220 e. The fourth-order valence-electron chi connectivity index (χ4n) is 2.32. The monoisotopic (exact) mass is 226 g/mol. The van der Waals surface area contributed by atoms with Crippen molar-refractivity contribution in [3.63, 3.8) is 0 Å². The fraction of sp³-hybridized carbons (Fsp3) is 0.923. The average Bonchev–Trinajstić information content (AvgIpc) is 2.08. The number of carbonyl (C=O) groups excluding carboxylic acids is 1. The molecular formula is C13H26N2O. The molecule has 0 aromatic rings. The molecular weight excluding hydrogens is 200 g/mol. The summed E-state index contributed by atoms with van der Waals surface area (Å²) < 4.78 is 0. The lowest BCUT2D eigenvalue weighted by atomic mass is 9.87. The predicted molar refractivity (Wildman–Crippen MR) is 67.2 cm³/mol. The Labute approximate surface area is 99.4 Å². The molecule has 94 valence electrons. The van der Waals surface area contributed by atoms with E-state index in [1.54, 1.807) is 0 Å². The van der Waals surface area contributed by atoms with Crippen LogP contribution in [0.15, 0.2) is 0 Å². The van der Waals surface area contributed by atoms with Crippen molar-refractivity contribution in [3.05, 3.63) is 0 Å². The molecule has 3 heteroatoms. The normalized spacial score (nSPS) is 31.2. The van der Waals surface area contributed by atoms with E-state index in [9.17, 15) is 4.79 Å². The third-order valence-electron chi connectivity index (χ3n) is 3.24. The Hall–Kier alpha value is -0.570. The summed E-state index contributed by atoms with van der Waals surface area (Å²) in [6, 6.07) is 0.663. The number of hydrogen-bond acceptors (Lipinski definition) is 2. The molecule has 1 aliphatic heterocycles. The minimum atomic E-state index is 0.0681. The van der Waals surface area contributed by atoms with Crippen molar-refractivity contribution >= 4 is 5.91 Å². The molecule has 1 aliphatic rings. The van der Waals surface area contributed by atoms with Crippen LogP contribution in [0.3, 0.4) is 0 Å². The van der Waals surface area contributed by atoms with Crippen LogP contribution in [0.5, 0.6) is 0 Å². The van der Waals surface area contributed by atoms with E-state index < -0.39 is 0 Å². The van der Waals surface area contributed by atoms with Crippen LogP contribution in [0, 0.1) is 11.3 Å². The van der Waals surface area contributed by atoms with E-state index in [4.69, 9.17) is 0 Å². The Kier molecular flexibility index (Phi) is 4.36. The maximum atomic E-state index is 11.9. The highest BCUT2D eigenvalue weighted by Crippen LogP contribution is 2.20. The molecule has 0 spiro atoms. The van der Waals surface area contributed by atoms with E-state index in [0.717, 1.165) is 13.0 Å². The van der Waals surface area contributed by atoms with Crippen LogP contribution >= 0.6 is 0 Å². The van der Waals surface area contributed by atoms with Crippen molar-refractivity contribution < 1.29 is 4.79 Å². The lowest BCUT2D eigenvalue weighted by Crippen LogP contribution is -2.56. The number of nitrogens with one attached hydrogen (secondary N) is 2. The van der Waals surface area contributed by atoms with Gasteiger partial charge >= 0.3 is 0 Å². The first-order chi connectivity index (χ1) is 7.29. The zero-order chi connectivity index (χ0) is 12.3. The van der Waals surface area contributed by atoms with Crippen molar-refractivity contribution in [3.8, 4) is 0 Å². The highest BCUT2D eigenvalue weighted by molar-refractivity contribution is 5.77. The molecule has 3 atom stereocenters. The van der Waals surface area contributed by atoms with Gasteiger partial charge in [0.15, 0.2) is 0 Å². The van der Waals surface area contributed by atoms with Gasteiger partial charge in [-0.15, -0.1) is 0 Å². The maximum Gasteiger partial charge on any atom is 0.220 e. The Morgan fingerprint density at radius 2 is 2.00 bits per heavy atom. The van der Waals surface area contributed by atoms with Gasteiger partial charge in [0.1, 0.15) is 0 Å². The Bertz CT molecular complexity index is 235. The van der Waals surface area contributed by atoms with Gasteiger partial charge in [-0.25, -0.2) is 0 Å². The van der Waals surface area contributed by atoms with E-state index in [2.05, 4.69) is 45.3 Å². The number of rotatable bonds is 2. The summed E-state index contributed by atoms with van der Waals surface area (Å²) in [4.78, 5) is 11.9. The third-order valence-corrected chi connectivity index (χ3v) is 3.24. The van der Waals surface area contributed by atoms with Gasteiger partial charge in [-0.1, -0.05) is 27.7 Å². The lowest BCUT2D eigenvalue weighted by molar-refractivity contribution is -0.124. The first-order valence-corrected chi connectivity index (χ1v) is 6.32. The van der Waals surface area contributed by atoms with Gasteiger partial charge in [-0.05, 0) is 31.2 Å². The molecule has 1 amide bonds.